The molecule has 0 radical (unpaired) electrons. The number of rotatable bonds is 3. The van der Waals surface area contributed by atoms with Gasteiger partial charge in [-0.25, -0.2) is 0 Å². The molecule has 0 bridgehead atoms. The van der Waals surface area contributed by atoms with Crippen LogP contribution in [0.5, 0.6) is 5.75 Å². The maximum Gasteiger partial charge on any atom is 0.119 e. The van der Waals surface area contributed by atoms with Crippen LogP contribution in [0.4, 0.5) is 0 Å². The van der Waals surface area contributed by atoms with Gasteiger partial charge in [0.2, 0.25) is 0 Å². The van der Waals surface area contributed by atoms with Crippen molar-refractivity contribution < 1.29 is 9.47 Å². The van der Waals surface area contributed by atoms with Gasteiger partial charge in [-0.3, -0.25) is 0 Å². The largest absolute Gasteiger partial charge is 0.491 e. The van der Waals surface area contributed by atoms with E-state index in [2.05, 4.69) is 0 Å². The molecule has 0 saturated carbocycles. The van der Waals surface area contributed by atoms with E-state index in [4.69, 9.17) is 21.1 Å². The summed E-state index contributed by atoms with van der Waals surface area (Å²) in [5.74, 6) is 0.859. The van der Waals surface area contributed by atoms with Crippen molar-refractivity contribution in [1.82, 2.24) is 0 Å². The Bertz CT molecular complexity index is 308. The van der Waals surface area contributed by atoms with Crippen molar-refractivity contribution in [3.8, 4) is 5.75 Å². The monoisotopic (exact) mass is 198 g/mol. The number of benzene rings is 1. The third kappa shape index (κ3) is 2.36. The minimum absolute atomic E-state index is 0.302. The van der Waals surface area contributed by atoms with Crippen LogP contribution >= 0.6 is 11.6 Å². The number of ether oxygens (including phenoxy) is 2. The summed E-state index contributed by atoms with van der Waals surface area (Å²) in [6.07, 6.45) is 0.302. The second-order valence-corrected chi connectivity index (χ2v) is 3.58. The standard InChI is InChI=1S/C10H11ClO2/c1-7-4-8(2-3-10(7)11)12-5-9-6-13-9/h2-4,9H,5-6H2,1H3. The molecule has 13 heavy (non-hydrogen) atoms. The van der Waals surface area contributed by atoms with Crippen LogP contribution < -0.4 is 4.74 Å². The molecule has 1 aromatic rings. The first kappa shape index (κ1) is 8.85. The lowest BCUT2D eigenvalue weighted by molar-refractivity contribution is 0.263. The van der Waals surface area contributed by atoms with Gasteiger partial charge in [-0.2, -0.15) is 0 Å². The zero-order valence-electron chi connectivity index (χ0n) is 7.42. The highest BCUT2D eigenvalue weighted by atomic mass is 35.5. The van der Waals surface area contributed by atoms with E-state index < -0.39 is 0 Å². The van der Waals surface area contributed by atoms with E-state index in [0.717, 1.165) is 22.9 Å². The Morgan fingerprint density at radius 2 is 2.38 bits per heavy atom. The van der Waals surface area contributed by atoms with E-state index >= 15 is 0 Å². The normalized spacial score (nSPS) is 20.0. The lowest BCUT2D eigenvalue weighted by atomic mass is 10.2. The molecule has 1 aromatic carbocycles. The second kappa shape index (κ2) is 3.56. The summed E-state index contributed by atoms with van der Waals surface area (Å²) in [6, 6.07) is 5.66. The summed E-state index contributed by atoms with van der Waals surface area (Å²) in [7, 11) is 0. The summed E-state index contributed by atoms with van der Waals surface area (Å²) in [6.45, 7) is 3.43. The van der Waals surface area contributed by atoms with Crippen LogP contribution in [-0.2, 0) is 4.74 Å². The van der Waals surface area contributed by atoms with Gasteiger partial charge in [0.05, 0.1) is 6.61 Å². The maximum absolute atomic E-state index is 5.88. The van der Waals surface area contributed by atoms with Crippen LogP contribution in [0.1, 0.15) is 5.56 Å². The van der Waals surface area contributed by atoms with Crippen molar-refractivity contribution >= 4 is 11.6 Å². The topological polar surface area (TPSA) is 21.8 Å². The number of aryl methyl sites for hydroxylation is 1. The maximum atomic E-state index is 5.88. The zero-order chi connectivity index (χ0) is 9.26. The molecule has 1 atom stereocenters. The molecule has 0 amide bonds. The van der Waals surface area contributed by atoms with E-state index in [0.29, 0.717) is 12.7 Å². The van der Waals surface area contributed by atoms with E-state index in [1.54, 1.807) is 0 Å². The summed E-state index contributed by atoms with van der Waals surface area (Å²) >= 11 is 5.88. The molecule has 1 aliphatic heterocycles. The van der Waals surface area contributed by atoms with Crippen LogP contribution in [0, 0.1) is 6.92 Å². The molecule has 0 spiro atoms. The lowest BCUT2D eigenvalue weighted by Gasteiger charge is -2.05. The van der Waals surface area contributed by atoms with Gasteiger partial charge in [0.1, 0.15) is 18.5 Å². The van der Waals surface area contributed by atoms with Crippen molar-refractivity contribution in [2.45, 2.75) is 13.0 Å². The Balaban J connectivity index is 1.98. The Morgan fingerprint density at radius 1 is 1.62 bits per heavy atom. The SMILES string of the molecule is Cc1cc(OCC2CO2)ccc1Cl. The highest BCUT2D eigenvalue weighted by Crippen LogP contribution is 2.22. The van der Waals surface area contributed by atoms with E-state index in [-0.39, 0.29) is 0 Å². The van der Waals surface area contributed by atoms with Gasteiger partial charge in [0.15, 0.2) is 0 Å². The predicted molar refractivity (Wildman–Crippen MR) is 51.4 cm³/mol. The molecule has 1 saturated heterocycles. The van der Waals surface area contributed by atoms with Crippen molar-refractivity contribution in [2.75, 3.05) is 13.2 Å². The minimum atomic E-state index is 0.302. The first-order valence-corrected chi connectivity index (χ1v) is 4.64. The third-order valence-corrected chi connectivity index (χ3v) is 2.39. The predicted octanol–water partition coefficient (Wildman–Crippen LogP) is 2.43. The Kier molecular flexibility index (Phi) is 2.42. The van der Waals surface area contributed by atoms with Gasteiger partial charge in [0, 0.05) is 5.02 Å². The average molecular weight is 199 g/mol. The molecular weight excluding hydrogens is 188 g/mol. The molecule has 1 aliphatic rings. The molecule has 0 aromatic heterocycles. The number of hydrogen-bond acceptors (Lipinski definition) is 2. The molecule has 70 valence electrons. The van der Waals surface area contributed by atoms with E-state index in [1.165, 1.54) is 0 Å². The fraction of sp³-hybridized carbons (Fsp3) is 0.400. The molecule has 1 heterocycles. The Hall–Kier alpha value is -0.730. The zero-order valence-corrected chi connectivity index (χ0v) is 8.17. The van der Waals surface area contributed by atoms with Crippen LogP contribution in [0.25, 0.3) is 0 Å². The summed E-state index contributed by atoms with van der Waals surface area (Å²) in [5, 5.41) is 0.773. The van der Waals surface area contributed by atoms with Crippen molar-refractivity contribution in [2.24, 2.45) is 0 Å². The van der Waals surface area contributed by atoms with E-state index in [9.17, 15) is 0 Å². The summed E-state index contributed by atoms with van der Waals surface area (Å²) in [4.78, 5) is 0. The highest BCUT2D eigenvalue weighted by molar-refractivity contribution is 6.31. The number of epoxide rings is 1. The average Bonchev–Trinajstić information content (AvgIpc) is 2.91. The van der Waals surface area contributed by atoms with Crippen molar-refractivity contribution in [3.63, 3.8) is 0 Å². The molecule has 1 fully saturated rings. The van der Waals surface area contributed by atoms with Crippen LogP contribution in [0.3, 0.4) is 0 Å². The number of hydrogen-bond donors (Lipinski definition) is 0. The molecule has 0 N–H and O–H groups in total. The smallest absolute Gasteiger partial charge is 0.119 e. The van der Waals surface area contributed by atoms with Crippen LogP contribution in [-0.4, -0.2) is 19.3 Å². The van der Waals surface area contributed by atoms with Gasteiger partial charge in [-0.15, -0.1) is 0 Å². The van der Waals surface area contributed by atoms with Gasteiger partial charge in [0.25, 0.3) is 0 Å². The van der Waals surface area contributed by atoms with Gasteiger partial charge in [-0.1, -0.05) is 11.6 Å². The molecule has 2 nitrogen and oxygen atoms in total. The van der Waals surface area contributed by atoms with Crippen LogP contribution in [0.15, 0.2) is 18.2 Å². The summed E-state index contributed by atoms with van der Waals surface area (Å²) in [5.41, 5.74) is 1.04. The molecule has 2 rings (SSSR count). The first-order chi connectivity index (χ1) is 6.25. The van der Waals surface area contributed by atoms with Crippen LogP contribution in [0.2, 0.25) is 5.02 Å². The van der Waals surface area contributed by atoms with Gasteiger partial charge < -0.3 is 9.47 Å². The molecule has 0 aliphatic carbocycles. The Morgan fingerprint density at radius 3 is 3.00 bits per heavy atom. The van der Waals surface area contributed by atoms with Crippen molar-refractivity contribution in [1.29, 1.82) is 0 Å². The molecular formula is C10H11ClO2. The minimum Gasteiger partial charge on any atom is -0.491 e. The highest BCUT2D eigenvalue weighted by Gasteiger charge is 2.22. The second-order valence-electron chi connectivity index (χ2n) is 3.18. The summed E-state index contributed by atoms with van der Waals surface area (Å²) < 4.78 is 10.5. The van der Waals surface area contributed by atoms with E-state index in [1.807, 2.05) is 25.1 Å². The Labute approximate surface area is 82.4 Å². The number of halogens is 1. The molecule has 1 unspecified atom stereocenters. The quantitative estimate of drug-likeness (QED) is 0.696. The first-order valence-electron chi connectivity index (χ1n) is 4.26. The van der Waals surface area contributed by atoms with Crippen molar-refractivity contribution in [3.05, 3.63) is 28.8 Å². The lowest BCUT2D eigenvalue weighted by Crippen LogP contribution is -2.03. The van der Waals surface area contributed by atoms with Gasteiger partial charge in [-0.05, 0) is 30.7 Å². The molecule has 3 heteroatoms. The fourth-order valence-corrected chi connectivity index (χ4v) is 1.18. The van der Waals surface area contributed by atoms with Gasteiger partial charge >= 0.3 is 0 Å². The third-order valence-electron chi connectivity index (χ3n) is 1.97. The fourth-order valence-electron chi connectivity index (χ4n) is 1.06.